The fourth-order valence-corrected chi connectivity index (χ4v) is 2.59. The van der Waals surface area contributed by atoms with Gasteiger partial charge in [0.2, 0.25) is 0 Å². The van der Waals surface area contributed by atoms with Crippen LogP contribution in [0.25, 0.3) is 6.08 Å². The summed E-state index contributed by atoms with van der Waals surface area (Å²) in [6.45, 7) is 0. The first-order chi connectivity index (χ1) is 7.97. The van der Waals surface area contributed by atoms with Crippen molar-refractivity contribution in [3.05, 3.63) is 32.3 Å². The average molecular weight is 362 g/mol. The van der Waals surface area contributed by atoms with E-state index in [0.717, 1.165) is 4.47 Å². The lowest BCUT2D eigenvalue weighted by Gasteiger charge is -2.04. The molecule has 0 aromatic heterocycles. The Morgan fingerprint density at radius 1 is 1.18 bits per heavy atom. The molecule has 0 bridgehead atoms. The van der Waals surface area contributed by atoms with E-state index in [1.165, 1.54) is 6.08 Å². The monoisotopic (exact) mass is 360 g/mol. The Bertz CT molecular complexity index is 555. The topological polar surface area (TPSA) is 78.4 Å². The molecule has 0 aliphatic carbocycles. The van der Waals surface area contributed by atoms with Gasteiger partial charge in [-0.15, -0.1) is 0 Å². The standard InChI is InChI=1S/C10H6Br2N2O3/c11-5-1-4(8(15)6(12)3-5)2-7-9(16)14-10(17)13-7/h1-3,15H,(H2,13,14,16,17). The van der Waals surface area contributed by atoms with Crippen LogP contribution in [0.1, 0.15) is 5.56 Å². The summed E-state index contributed by atoms with van der Waals surface area (Å²) in [6, 6.07) is 2.73. The van der Waals surface area contributed by atoms with E-state index < -0.39 is 11.9 Å². The van der Waals surface area contributed by atoms with Crippen LogP contribution in [0.15, 0.2) is 26.8 Å². The molecule has 2 rings (SSSR count). The van der Waals surface area contributed by atoms with Crippen LogP contribution in [-0.2, 0) is 4.79 Å². The lowest BCUT2D eigenvalue weighted by atomic mass is 10.1. The molecule has 0 atom stereocenters. The highest BCUT2D eigenvalue weighted by Crippen LogP contribution is 2.32. The van der Waals surface area contributed by atoms with E-state index in [-0.39, 0.29) is 11.4 Å². The number of amides is 3. The van der Waals surface area contributed by atoms with Crippen molar-refractivity contribution < 1.29 is 14.7 Å². The van der Waals surface area contributed by atoms with Crippen LogP contribution in [-0.4, -0.2) is 17.0 Å². The molecule has 1 saturated heterocycles. The van der Waals surface area contributed by atoms with Crippen molar-refractivity contribution in [2.45, 2.75) is 0 Å². The maximum Gasteiger partial charge on any atom is 0.326 e. The Kier molecular flexibility index (Phi) is 3.21. The zero-order valence-electron chi connectivity index (χ0n) is 8.25. The second-order valence-corrected chi connectivity index (χ2v) is 5.06. The van der Waals surface area contributed by atoms with Gasteiger partial charge in [0.05, 0.1) is 4.47 Å². The number of hydrogen-bond donors (Lipinski definition) is 3. The summed E-state index contributed by atoms with van der Waals surface area (Å²) < 4.78 is 1.22. The number of imide groups is 1. The van der Waals surface area contributed by atoms with E-state index in [1.807, 2.05) is 0 Å². The maximum atomic E-state index is 11.3. The zero-order chi connectivity index (χ0) is 12.6. The van der Waals surface area contributed by atoms with Crippen molar-refractivity contribution in [1.82, 2.24) is 10.6 Å². The Morgan fingerprint density at radius 3 is 2.47 bits per heavy atom. The number of carbonyl (C=O) groups excluding carboxylic acids is 2. The summed E-state index contributed by atoms with van der Waals surface area (Å²) in [5.41, 5.74) is 0.508. The van der Waals surface area contributed by atoms with Crippen LogP contribution >= 0.6 is 31.9 Å². The predicted molar refractivity (Wildman–Crippen MR) is 68.2 cm³/mol. The van der Waals surface area contributed by atoms with Crippen molar-refractivity contribution in [1.29, 1.82) is 0 Å². The highest BCUT2D eigenvalue weighted by molar-refractivity contribution is 9.11. The first-order valence-electron chi connectivity index (χ1n) is 4.49. The molecule has 1 aromatic carbocycles. The summed E-state index contributed by atoms with van der Waals surface area (Å²) in [5, 5.41) is 14.2. The first-order valence-corrected chi connectivity index (χ1v) is 6.08. The molecule has 5 nitrogen and oxygen atoms in total. The van der Waals surface area contributed by atoms with Gasteiger partial charge in [-0.2, -0.15) is 0 Å². The van der Waals surface area contributed by atoms with Gasteiger partial charge in [0.1, 0.15) is 11.4 Å². The first kappa shape index (κ1) is 12.1. The zero-order valence-corrected chi connectivity index (χ0v) is 11.4. The van der Waals surface area contributed by atoms with E-state index in [4.69, 9.17) is 0 Å². The van der Waals surface area contributed by atoms with E-state index in [2.05, 4.69) is 42.5 Å². The smallest absolute Gasteiger partial charge is 0.326 e. The Labute approximate surface area is 113 Å². The van der Waals surface area contributed by atoms with Crippen LogP contribution in [0, 0.1) is 0 Å². The molecular weight excluding hydrogens is 356 g/mol. The predicted octanol–water partition coefficient (Wildman–Crippen LogP) is 2.10. The molecule has 0 saturated carbocycles. The summed E-state index contributed by atoms with van der Waals surface area (Å²) in [6.07, 6.45) is 1.39. The third-order valence-corrected chi connectivity index (χ3v) is 3.14. The van der Waals surface area contributed by atoms with Gasteiger partial charge in [0.15, 0.2) is 0 Å². The van der Waals surface area contributed by atoms with Crippen molar-refractivity contribution >= 4 is 49.9 Å². The number of phenolic OH excluding ortho intramolecular Hbond substituents is 1. The van der Waals surface area contributed by atoms with Gasteiger partial charge in [-0.25, -0.2) is 4.79 Å². The van der Waals surface area contributed by atoms with E-state index >= 15 is 0 Å². The number of carbonyl (C=O) groups is 2. The quantitative estimate of drug-likeness (QED) is 0.529. The molecule has 17 heavy (non-hydrogen) atoms. The van der Waals surface area contributed by atoms with Crippen LogP contribution < -0.4 is 10.6 Å². The lowest BCUT2D eigenvalue weighted by Crippen LogP contribution is -2.22. The molecule has 7 heteroatoms. The summed E-state index contributed by atoms with van der Waals surface area (Å²) in [5.74, 6) is -0.528. The normalized spacial score (nSPS) is 17.2. The SMILES string of the molecule is O=C1NC(=O)C(=Cc2cc(Br)cc(Br)c2O)N1. The molecule has 1 heterocycles. The average Bonchev–Trinajstić information content (AvgIpc) is 2.53. The summed E-state index contributed by atoms with van der Waals surface area (Å²) in [4.78, 5) is 22.2. The number of benzene rings is 1. The lowest BCUT2D eigenvalue weighted by molar-refractivity contribution is -0.115. The largest absolute Gasteiger partial charge is 0.506 e. The van der Waals surface area contributed by atoms with Gasteiger partial charge in [-0.1, -0.05) is 15.9 Å². The number of aromatic hydroxyl groups is 1. The Hall–Kier alpha value is -1.34. The molecule has 1 aliphatic heterocycles. The van der Waals surface area contributed by atoms with Crippen LogP contribution in [0.5, 0.6) is 5.75 Å². The maximum absolute atomic E-state index is 11.3. The second-order valence-electron chi connectivity index (χ2n) is 3.29. The molecule has 1 fully saturated rings. The van der Waals surface area contributed by atoms with Crippen LogP contribution in [0.2, 0.25) is 0 Å². The number of urea groups is 1. The highest BCUT2D eigenvalue weighted by Gasteiger charge is 2.23. The molecule has 1 aromatic rings. The number of phenols is 1. The van der Waals surface area contributed by atoms with Crippen molar-refractivity contribution in [3.8, 4) is 5.75 Å². The van der Waals surface area contributed by atoms with Crippen molar-refractivity contribution in [2.75, 3.05) is 0 Å². The molecule has 0 unspecified atom stereocenters. The summed E-state index contributed by atoms with van der Waals surface area (Å²) >= 11 is 6.44. The molecule has 1 aliphatic rings. The minimum atomic E-state index is -0.574. The van der Waals surface area contributed by atoms with Crippen LogP contribution in [0.3, 0.4) is 0 Å². The molecule has 3 N–H and O–H groups in total. The van der Waals surface area contributed by atoms with Gasteiger partial charge >= 0.3 is 6.03 Å². The van der Waals surface area contributed by atoms with E-state index in [0.29, 0.717) is 10.0 Å². The number of halogens is 2. The van der Waals surface area contributed by atoms with Gasteiger partial charge in [0.25, 0.3) is 5.91 Å². The van der Waals surface area contributed by atoms with Gasteiger partial charge < -0.3 is 10.4 Å². The molecular formula is C10H6Br2N2O3. The molecule has 0 spiro atoms. The third kappa shape index (κ3) is 2.50. The van der Waals surface area contributed by atoms with Crippen LogP contribution in [0.4, 0.5) is 4.79 Å². The van der Waals surface area contributed by atoms with Gasteiger partial charge in [-0.3, -0.25) is 10.1 Å². The molecule has 88 valence electrons. The highest BCUT2D eigenvalue weighted by atomic mass is 79.9. The number of rotatable bonds is 1. The van der Waals surface area contributed by atoms with Gasteiger partial charge in [0, 0.05) is 10.0 Å². The minimum Gasteiger partial charge on any atom is -0.506 e. The summed E-state index contributed by atoms with van der Waals surface area (Å²) in [7, 11) is 0. The third-order valence-electron chi connectivity index (χ3n) is 2.08. The Balaban J connectivity index is 2.46. The fraction of sp³-hybridized carbons (Fsp3) is 0. The van der Waals surface area contributed by atoms with E-state index in [9.17, 15) is 14.7 Å². The number of nitrogens with one attached hydrogen (secondary N) is 2. The minimum absolute atomic E-state index is 0.00495. The van der Waals surface area contributed by atoms with Crippen molar-refractivity contribution in [2.24, 2.45) is 0 Å². The van der Waals surface area contributed by atoms with E-state index in [1.54, 1.807) is 12.1 Å². The Morgan fingerprint density at radius 2 is 1.88 bits per heavy atom. The second kappa shape index (κ2) is 4.50. The fourth-order valence-electron chi connectivity index (χ4n) is 1.33. The van der Waals surface area contributed by atoms with Gasteiger partial charge in [-0.05, 0) is 34.1 Å². The van der Waals surface area contributed by atoms with Crippen molar-refractivity contribution in [3.63, 3.8) is 0 Å². The molecule has 3 amide bonds. The molecule has 0 radical (unpaired) electrons. The number of hydrogen-bond acceptors (Lipinski definition) is 3.